The van der Waals surface area contributed by atoms with E-state index in [1.54, 1.807) is 0 Å². The lowest BCUT2D eigenvalue weighted by Crippen LogP contribution is -2.18. The van der Waals surface area contributed by atoms with Crippen molar-refractivity contribution in [3.63, 3.8) is 0 Å². The summed E-state index contributed by atoms with van der Waals surface area (Å²) in [6, 6.07) is 6.44. The molecular weight excluding hydrogens is 318 g/mol. The maximum absolute atomic E-state index is 5.58. The number of rotatable bonds is 10. The molecule has 0 aliphatic heterocycles. The minimum absolute atomic E-state index is 0.618. The molecule has 0 atom stereocenters. The highest BCUT2D eigenvalue weighted by atomic mass is 79.9. The van der Waals surface area contributed by atoms with Gasteiger partial charge in [-0.3, -0.25) is 0 Å². The van der Waals surface area contributed by atoms with Gasteiger partial charge < -0.3 is 14.8 Å². The standard InChI is InChI=1S/C16H26BrNO2/c1-4-19-7-8-20-12-15-6-5-14(9-16(15)17)11-18-10-13(2)3/h5-6,9,13,18H,4,7-8,10-12H2,1-3H3. The zero-order valence-electron chi connectivity index (χ0n) is 12.7. The normalized spacial score (nSPS) is 11.2. The van der Waals surface area contributed by atoms with Crippen molar-refractivity contribution < 1.29 is 9.47 Å². The molecule has 0 spiro atoms. The van der Waals surface area contributed by atoms with Crippen LogP contribution in [0.4, 0.5) is 0 Å². The van der Waals surface area contributed by atoms with Crippen molar-refractivity contribution in [3.05, 3.63) is 33.8 Å². The third-order valence-corrected chi connectivity index (χ3v) is 3.57. The van der Waals surface area contributed by atoms with Gasteiger partial charge in [0.2, 0.25) is 0 Å². The summed E-state index contributed by atoms with van der Waals surface area (Å²) < 4.78 is 11.9. The van der Waals surface area contributed by atoms with Gasteiger partial charge in [0.1, 0.15) is 0 Å². The Bertz CT molecular complexity index is 383. The summed E-state index contributed by atoms with van der Waals surface area (Å²) in [7, 11) is 0. The molecule has 0 bridgehead atoms. The van der Waals surface area contributed by atoms with Crippen LogP contribution in [0.2, 0.25) is 0 Å². The first-order valence-corrected chi connectivity index (χ1v) is 8.06. The Labute approximate surface area is 131 Å². The predicted molar refractivity (Wildman–Crippen MR) is 86.8 cm³/mol. The van der Waals surface area contributed by atoms with Crippen molar-refractivity contribution in [2.45, 2.75) is 33.9 Å². The molecule has 1 rings (SSSR count). The quantitative estimate of drug-likeness (QED) is 0.656. The van der Waals surface area contributed by atoms with E-state index in [0.717, 1.165) is 24.2 Å². The largest absolute Gasteiger partial charge is 0.379 e. The fourth-order valence-electron chi connectivity index (χ4n) is 1.77. The van der Waals surface area contributed by atoms with E-state index in [9.17, 15) is 0 Å². The molecule has 20 heavy (non-hydrogen) atoms. The summed E-state index contributed by atoms with van der Waals surface area (Å²) in [5.41, 5.74) is 2.46. The van der Waals surface area contributed by atoms with Crippen molar-refractivity contribution in [1.29, 1.82) is 0 Å². The Morgan fingerprint density at radius 3 is 2.60 bits per heavy atom. The Balaban J connectivity index is 2.35. The second-order valence-electron chi connectivity index (χ2n) is 5.20. The topological polar surface area (TPSA) is 30.5 Å². The number of ether oxygens (including phenoxy) is 2. The molecule has 1 aromatic carbocycles. The molecule has 0 aliphatic rings. The van der Waals surface area contributed by atoms with Crippen molar-refractivity contribution in [1.82, 2.24) is 5.32 Å². The fourth-order valence-corrected chi connectivity index (χ4v) is 2.31. The van der Waals surface area contributed by atoms with Gasteiger partial charge in [-0.05, 0) is 36.6 Å². The molecule has 0 heterocycles. The van der Waals surface area contributed by atoms with Crippen molar-refractivity contribution in [2.75, 3.05) is 26.4 Å². The first-order chi connectivity index (χ1) is 9.63. The predicted octanol–water partition coefficient (Wildman–Crippen LogP) is 3.75. The van der Waals surface area contributed by atoms with Crippen LogP contribution in [0.3, 0.4) is 0 Å². The molecule has 1 aromatic rings. The van der Waals surface area contributed by atoms with E-state index in [1.807, 2.05) is 6.92 Å². The summed E-state index contributed by atoms with van der Waals surface area (Å²) in [6.07, 6.45) is 0. The molecule has 0 saturated heterocycles. The minimum atomic E-state index is 0.618. The van der Waals surface area contributed by atoms with Crippen LogP contribution >= 0.6 is 15.9 Å². The third kappa shape index (κ3) is 7.39. The summed E-state index contributed by atoms with van der Waals surface area (Å²) in [6.45, 7) is 11.0. The molecule has 0 unspecified atom stereocenters. The molecule has 0 saturated carbocycles. The van der Waals surface area contributed by atoms with Crippen LogP contribution in [-0.4, -0.2) is 26.4 Å². The van der Waals surface area contributed by atoms with Crippen LogP contribution in [0, 0.1) is 5.92 Å². The van der Waals surface area contributed by atoms with E-state index in [-0.39, 0.29) is 0 Å². The Morgan fingerprint density at radius 1 is 1.20 bits per heavy atom. The molecule has 0 fully saturated rings. The zero-order valence-corrected chi connectivity index (χ0v) is 14.3. The van der Waals surface area contributed by atoms with Gasteiger partial charge in [0, 0.05) is 17.6 Å². The summed E-state index contributed by atoms with van der Waals surface area (Å²) >= 11 is 3.61. The van der Waals surface area contributed by atoms with Gasteiger partial charge in [0.05, 0.1) is 19.8 Å². The molecule has 0 aliphatic carbocycles. The Kier molecular flexibility index (Phi) is 9.10. The van der Waals surface area contributed by atoms with Gasteiger partial charge in [0.25, 0.3) is 0 Å². The first kappa shape index (κ1) is 17.6. The van der Waals surface area contributed by atoms with Gasteiger partial charge in [-0.15, -0.1) is 0 Å². The monoisotopic (exact) mass is 343 g/mol. The second kappa shape index (κ2) is 10.3. The van der Waals surface area contributed by atoms with E-state index in [0.29, 0.717) is 25.7 Å². The fraction of sp³-hybridized carbons (Fsp3) is 0.625. The van der Waals surface area contributed by atoms with Crippen molar-refractivity contribution in [3.8, 4) is 0 Å². The van der Waals surface area contributed by atoms with E-state index in [2.05, 4.69) is 53.3 Å². The van der Waals surface area contributed by atoms with Gasteiger partial charge in [-0.2, -0.15) is 0 Å². The lowest BCUT2D eigenvalue weighted by atomic mass is 10.1. The number of benzene rings is 1. The number of halogens is 1. The molecule has 0 radical (unpaired) electrons. The van der Waals surface area contributed by atoms with Crippen LogP contribution in [0.1, 0.15) is 31.9 Å². The molecule has 0 amide bonds. The molecule has 4 heteroatoms. The van der Waals surface area contributed by atoms with Crippen LogP contribution in [0.15, 0.2) is 22.7 Å². The molecule has 1 N–H and O–H groups in total. The van der Waals surface area contributed by atoms with Gasteiger partial charge in [-0.25, -0.2) is 0 Å². The van der Waals surface area contributed by atoms with Crippen LogP contribution in [0.25, 0.3) is 0 Å². The third-order valence-electron chi connectivity index (χ3n) is 2.83. The summed E-state index contributed by atoms with van der Waals surface area (Å²) in [4.78, 5) is 0. The number of hydrogen-bond acceptors (Lipinski definition) is 3. The van der Waals surface area contributed by atoms with E-state index in [4.69, 9.17) is 9.47 Å². The molecular formula is C16H26BrNO2. The second-order valence-corrected chi connectivity index (χ2v) is 6.05. The van der Waals surface area contributed by atoms with Crippen molar-refractivity contribution in [2.24, 2.45) is 5.92 Å². The molecule has 114 valence electrons. The average molecular weight is 344 g/mol. The SMILES string of the molecule is CCOCCOCc1ccc(CNCC(C)C)cc1Br. The lowest BCUT2D eigenvalue weighted by Gasteiger charge is -2.10. The average Bonchev–Trinajstić information content (AvgIpc) is 2.40. The highest BCUT2D eigenvalue weighted by Crippen LogP contribution is 2.19. The minimum Gasteiger partial charge on any atom is -0.379 e. The number of hydrogen-bond donors (Lipinski definition) is 1. The van der Waals surface area contributed by atoms with Crippen molar-refractivity contribution >= 4 is 15.9 Å². The Morgan fingerprint density at radius 2 is 1.95 bits per heavy atom. The smallest absolute Gasteiger partial charge is 0.0728 e. The summed E-state index contributed by atoms with van der Waals surface area (Å²) in [5.74, 6) is 0.677. The summed E-state index contributed by atoms with van der Waals surface area (Å²) in [5, 5.41) is 3.45. The molecule has 0 aromatic heterocycles. The van der Waals surface area contributed by atoms with E-state index >= 15 is 0 Å². The zero-order chi connectivity index (χ0) is 14.8. The maximum atomic E-state index is 5.58. The van der Waals surface area contributed by atoms with Crippen LogP contribution < -0.4 is 5.32 Å². The lowest BCUT2D eigenvalue weighted by molar-refractivity contribution is 0.0451. The maximum Gasteiger partial charge on any atom is 0.0728 e. The number of nitrogens with one attached hydrogen (secondary N) is 1. The highest BCUT2D eigenvalue weighted by molar-refractivity contribution is 9.10. The van der Waals surface area contributed by atoms with E-state index in [1.165, 1.54) is 11.1 Å². The van der Waals surface area contributed by atoms with Gasteiger partial charge in [-0.1, -0.05) is 41.9 Å². The van der Waals surface area contributed by atoms with Gasteiger partial charge in [0.15, 0.2) is 0 Å². The van der Waals surface area contributed by atoms with Crippen LogP contribution in [0.5, 0.6) is 0 Å². The highest BCUT2D eigenvalue weighted by Gasteiger charge is 2.02. The molecule has 3 nitrogen and oxygen atoms in total. The van der Waals surface area contributed by atoms with Crippen LogP contribution in [-0.2, 0) is 22.6 Å². The Hall–Kier alpha value is -0.420. The first-order valence-electron chi connectivity index (χ1n) is 7.27. The van der Waals surface area contributed by atoms with Gasteiger partial charge >= 0.3 is 0 Å². The van der Waals surface area contributed by atoms with E-state index < -0.39 is 0 Å².